The summed E-state index contributed by atoms with van der Waals surface area (Å²) in [5.74, 6) is 0.688. The molecule has 0 aromatic heterocycles. The summed E-state index contributed by atoms with van der Waals surface area (Å²) in [6.07, 6.45) is 3.70. The standard InChI is InChI=1S/C15H21NO3/c1-19-13-6-4-5-12(9-13)11-16-14(17)10-15(18)7-2-3-8-15/h4-6,9,18H,2-3,7-8,10-11H2,1H3,(H,16,17). The Morgan fingerprint density at radius 1 is 1.42 bits per heavy atom. The summed E-state index contributed by atoms with van der Waals surface area (Å²) in [5.41, 5.74) is 0.212. The normalized spacial score (nSPS) is 17.2. The van der Waals surface area contributed by atoms with Gasteiger partial charge < -0.3 is 15.2 Å². The lowest BCUT2D eigenvalue weighted by Crippen LogP contribution is -2.34. The Bertz CT molecular complexity index is 439. The molecular formula is C15H21NO3. The van der Waals surface area contributed by atoms with Crippen LogP contribution in [0.4, 0.5) is 0 Å². The molecule has 104 valence electrons. The van der Waals surface area contributed by atoms with Crippen molar-refractivity contribution in [2.45, 2.75) is 44.2 Å². The molecule has 0 unspecified atom stereocenters. The summed E-state index contributed by atoms with van der Waals surface area (Å²) >= 11 is 0. The van der Waals surface area contributed by atoms with E-state index in [4.69, 9.17) is 4.74 Å². The first-order valence-corrected chi connectivity index (χ1v) is 6.73. The number of carbonyl (C=O) groups excluding carboxylic acids is 1. The number of nitrogens with one attached hydrogen (secondary N) is 1. The molecule has 2 N–H and O–H groups in total. The molecule has 1 saturated carbocycles. The van der Waals surface area contributed by atoms with Gasteiger partial charge in [-0.1, -0.05) is 25.0 Å². The number of hydrogen-bond acceptors (Lipinski definition) is 3. The number of rotatable bonds is 5. The summed E-state index contributed by atoms with van der Waals surface area (Å²) in [5, 5.41) is 13.0. The molecule has 0 aliphatic heterocycles. The summed E-state index contributed by atoms with van der Waals surface area (Å²) in [6.45, 7) is 0.464. The zero-order valence-corrected chi connectivity index (χ0v) is 11.3. The largest absolute Gasteiger partial charge is 0.497 e. The van der Waals surface area contributed by atoms with E-state index in [0.717, 1.165) is 37.0 Å². The molecule has 0 radical (unpaired) electrons. The summed E-state index contributed by atoms with van der Waals surface area (Å²) in [6, 6.07) is 7.59. The van der Waals surface area contributed by atoms with Gasteiger partial charge in [-0.15, -0.1) is 0 Å². The van der Waals surface area contributed by atoms with Crippen LogP contribution in [0.15, 0.2) is 24.3 Å². The Balaban J connectivity index is 1.82. The van der Waals surface area contributed by atoms with Gasteiger partial charge in [-0.05, 0) is 30.5 Å². The Morgan fingerprint density at radius 2 is 2.16 bits per heavy atom. The van der Waals surface area contributed by atoms with Gasteiger partial charge in [0.05, 0.1) is 19.1 Å². The second-order valence-corrected chi connectivity index (χ2v) is 5.24. The van der Waals surface area contributed by atoms with Crippen LogP contribution >= 0.6 is 0 Å². The lowest BCUT2D eigenvalue weighted by atomic mass is 9.97. The topological polar surface area (TPSA) is 58.6 Å². The monoisotopic (exact) mass is 263 g/mol. The predicted octanol–water partition coefficient (Wildman–Crippen LogP) is 2.01. The van der Waals surface area contributed by atoms with Crippen molar-refractivity contribution in [3.8, 4) is 5.75 Å². The number of ether oxygens (including phenoxy) is 1. The van der Waals surface area contributed by atoms with Crippen LogP contribution in [0.3, 0.4) is 0 Å². The van der Waals surface area contributed by atoms with E-state index in [1.807, 2.05) is 24.3 Å². The van der Waals surface area contributed by atoms with Crippen LogP contribution in [-0.2, 0) is 11.3 Å². The van der Waals surface area contributed by atoms with Crippen molar-refractivity contribution in [3.05, 3.63) is 29.8 Å². The first kappa shape index (κ1) is 13.9. The Morgan fingerprint density at radius 3 is 2.84 bits per heavy atom. The van der Waals surface area contributed by atoms with E-state index >= 15 is 0 Å². The molecule has 1 fully saturated rings. The van der Waals surface area contributed by atoms with E-state index in [-0.39, 0.29) is 12.3 Å². The van der Waals surface area contributed by atoms with E-state index in [1.54, 1.807) is 7.11 Å². The van der Waals surface area contributed by atoms with Crippen LogP contribution in [0, 0.1) is 0 Å². The maximum Gasteiger partial charge on any atom is 0.223 e. The van der Waals surface area contributed by atoms with Crippen LogP contribution in [0.1, 0.15) is 37.7 Å². The highest BCUT2D eigenvalue weighted by molar-refractivity contribution is 5.77. The van der Waals surface area contributed by atoms with Gasteiger partial charge >= 0.3 is 0 Å². The molecule has 1 amide bonds. The van der Waals surface area contributed by atoms with Crippen LogP contribution in [-0.4, -0.2) is 23.7 Å². The molecule has 0 heterocycles. The zero-order valence-electron chi connectivity index (χ0n) is 11.3. The molecule has 1 aliphatic carbocycles. The van der Waals surface area contributed by atoms with Gasteiger partial charge in [-0.2, -0.15) is 0 Å². The molecule has 0 spiro atoms. The Hall–Kier alpha value is -1.55. The van der Waals surface area contributed by atoms with Gasteiger partial charge in [0.25, 0.3) is 0 Å². The number of amides is 1. The van der Waals surface area contributed by atoms with Crippen molar-refractivity contribution in [1.82, 2.24) is 5.32 Å². The van der Waals surface area contributed by atoms with Gasteiger partial charge in [0.1, 0.15) is 5.75 Å². The van der Waals surface area contributed by atoms with Gasteiger partial charge in [0, 0.05) is 6.54 Å². The maximum absolute atomic E-state index is 11.8. The van der Waals surface area contributed by atoms with Gasteiger partial charge in [-0.3, -0.25) is 4.79 Å². The van der Waals surface area contributed by atoms with Crippen molar-refractivity contribution in [2.24, 2.45) is 0 Å². The molecule has 0 atom stereocenters. The second-order valence-electron chi connectivity index (χ2n) is 5.24. The minimum Gasteiger partial charge on any atom is -0.497 e. The summed E-state index contributed by atoms with van der Waals surface area (Å²) in [7, 11) is 1.62. The van der Waals surface area contributed by atoms with Crippen molar-refractivity contribution in [3.63, 3.8) is 0 Å². The number of carbonyl (C=O) groups is 1. The molecule has 1 aromatic rings. The summed E-state index contributed by atoms with van der Waals surface area (Å²) in [4.78, 5) is 11.8. The van der Waals surface area contributed by atoms with Crippen LogP contribution in [0.25, 0.3) is 0 Å². The third-order valence-corrected chi connectivity index (χ3v) is 3.65. The highest BCUT2D eigenvalue weighted by Crippen LogP contribution is 2.32. The molecular weight excluding hydrogens is 242 g/mol. The van der Waals surface area contributed by atoms with Gasteiger partial charge in [0.2, 0.25) is 5.91 Å². The first-order valence-electron chi connectivity index (χ1n) is 6.73. The average molecular weight is 263 g/mol. The van der Waals surface area contributed by atoms with E-state index in [9.17, 15) is 9.90 Å². The Labute approximate surface area is 113 Å². The number of methoxy groups -OCH3 is 1. The Kier molecular flexibility index (Phi) is 4.43. The smallest absolute Gasteiger partial charge is 0.223 e. The van der Waals surface area contributed by atoms with Crippen LogP contribution < -0.4 is 10.1 Å². The van der Waals surface area contributed by atoms with Crippen molar-refractivity contribution < 1.29 is 14.6 Å². The molecule has 0 saturated heterocycles. The first-order chi connectivity index (χ1) is 9.11. The molecule has 19 heavy (non-hydrogen) atoms. The second kappa shape index (κ2) is 6.06. The van der Waals surface area contributed by atoms with Gasteiger partial charge in [0.15, 0.2) is 0 Å². The molecule has 4 nitrogen and oxygen atoms in total. The van der Waals surface area contributed by atoms with Gasteiger partial charge in [-0.25, -0.2) is 0 Å². The fourth-order valence-electron chi connectivity index (χ4n) is 2.55. The van der Waals surface area contributed by atoms with E-state index < -0.39 is 5.60 Å². The van der Waals surface area contributed by atoms with E-state index in [1.165, 1.54) is 0 Å². The van der Waals surface area contributed by atoms with Crippen LogP contribution in [0.5, 0.6) is 5.75 Å². The molecule has 1 aromatic carbocycles. The van der Waals surface area contributed by atoms with Crippen molar-refractivity contribution in [2.75, 3.05) is 7.11 Å². The molecule has 4 heteroatoms. The highest BCUT2D eigenvalue weighted by atomic mass is 16.5. The number of aliphatic hydroxyl groups is 1. The SMILES string of the molecule is COc1cccc(CNC(=O)CC2(O)CCCC2)c1. The fourth-order valence-corrected chi connectivity index (χ4v) is 2.55. The van der Waals surface area contributed by atoms with E-state index in [2.05, 4.69) is 5.32 Å². The van der Waals surface area contributed by atoms with E-state index in [0.29, 0.717) is 6.54 Å². The highest BCUT2D eigenvalue weighted by Gasteiger charge is 2.33. The third-order valence-electron chi connectivity index (χ3n) is 3.65. The maximum atomic E-state index is 11.8. The minimum atomic E-state index is -0.779. The number of benzene rings is 1. The molecule has 2 rings (SSSR count). The quantitative estimate of drug-likeness (QED) is 0.854. The molecule has 1 aliphatic rings. The minimum absolute atomic E-state index is 0.0905. The predicted molar refractivity (Wildman–Crippen MR) is 72.9 cm³/mol. The van der Waals surface area contributed by atoms with Crippen molar-refractivity contribution >= 4 is 5.91 Å². The molecule has 0 bridgehead atoms. The van der Waals surface area contributed by atoms with Crippen molar-refractivity contribution in [1.29, 1.82) is 0 Å². The zero-order chi connectivity index (χ0) is 13.7. The van der Waals surface area contributed by atoms with Crippen LogP contribution in [0.2, 0.25) is 0 Å². The lowest BCUT2D eigenvalue weighted by molar-refractivity contribution is -0.126. The number of hydrogen-bond donors (Lipinski definition) is 2. The lowest BCUT2D eigenvalue weighted by Gasteiger charge is -2.21. The fraction of sp³-hybridized carbons (Fsp3) is 0.533. The average Bonchev–Trinajstić information content (AvgIpc) is 2.83. The third kappa shape index (κ3) is 3.96. The summed E-state index contributed by atoms with van der Waals surface area (Å²) < 4.78 is 5.13.